The van der Waals surface area contributed by atoms with Crippen LogP contribution in [0.15, 0.2) is 12.3 Å². The van der Waals surface area contributed by atoms with E-state index in [0.29, 0.717) is 5.49 Å². The molecule has 1 atom stereocenters. The quantitative estimate of drug-likeness (QED) is 0.669. The summed E-state index contributed by atoms with van der Waals surface area (Å²) in [5, 5.41) is 7.67. The first kappa shape index (κ1) is 10.1. The fourth-order valence-corrected chi connectivity index (χ4v) is 2.08. The van der Waals surface area contributed by atoms with Crippen LogP contribution >= 0.6 is 0 Å². The van der Waals surface area contributed by atoms with Gasteiger partial charge in [-0.3, -0.25) is 10.1 Å². The first-order chi connectivity index (χ1) is 7.08. The van der Waals surface area contributed by atoms with Crippen LogP contribution in [-0.4, -0.2) is 17.8 Å². The number of nitrogens with one attached hydrogen (secondary N) is 1. The molecule has 0 spiro atoms. The molecule has 1 saturated heterocycles. The highest BCUT2D eigenvalue weighted by Crippen LogP contribution is 2.22. The third-order valence-electron chi connectivity index (χ3n) is 3.06. The summed E-state index contributed by atoms with van der Waals surface area (Å²) in [6.07, 6.45) is 3.08. The molecule has 1 aromatic rings. The van der Waals surface area contributed by atoms with Crippen LogP contribution in [0.2, 0.25) is 0 Å². The number of hydrogen-bond acceptors (Lipinski definition) is 3. The lowest BCUT2D eigenvalue weighted by Crippen LogP contribution is -2.30. The van der Waals surface area contributed by atoms with Gasteiger partial charge >= 0.3 is 0 Å². The topological polar surface area (TPSA) is 58.0 Å². The summed E-state index contributed by atoms with van der Waals surface area (Å²) in [5.74, 6) is 6.48. The highest BCUT2D eigenvalue weighted by atomic mass is 15.3. The van der Waals surface area contributed by atoms with Gasteiger partial charge in [-0.25, -0.2) is 0 Å². The number of nitrogen functional groups attached to an aromatic ring is 1. The number of aryl methyl sites for hydroxylation is 1. The molecule has 4 nitrogen and oxygen atoms in total. The standard InChI is InChI=1S/C11H18N4/c1-8-3-4-14(6-8)10-5-9(2)11(12)15(13)7-10/h5,7-8,12H,3-4,6,13H2,1-2H3. The molecule has 15 heavy (non-hydrogen) atoms. The second-order valence-electron chi connectivity index (χ2n) is 4.48. The van der Waals surface area contributed by atoms with Gasteiger partial charge in [0.1, 0.15) is 5.49 Å². The molecule has 1 fully saturated rings. The van der Waals surface area contributed by atoms with Crippen molar-refractivity contribution in [3.8, 4) is 0 Å². The summed E-state index contributed by atoms with van der Waals surface area (Å²) >= 11 is 0. The summed E-state index contributed by atoms with van der Waals surface area (Å²) < 4.78 is 1.40. The number of nitrogens with two attached hydrogens (primary N) is 1. The van der Waals surface area contributed by atoms with Gasteiger partial charge in [-0.1, -0.05) is 6.92 Å². The van der Waals surface area contributed by atoms with Crippen molar-refractivity contribution in [2.75, 3.05) is 23.8 Å². The highest BCUT2D eigenvalue weighted by molar-refractivity contribution is 5.47. The molecule has 0 radical (unpaired) electrons. The maximum absolute atomic E-state index is 7.67. The van der Waals surface area contributed by atoms with Crippen molar-refractivity contribution in [3.63, 3.8) is 0 Å². The van der Waals surface area contributed by atoms with Gasteiger partial charge < -0.3 is 10.7 Å². The minimum absolute atomic E-state index is 0.381. The lowest BCUT2D eigenvalue weighted by molar-refractivity contribution is 0.659. The van der Waals surface area contributed by atoms with Gasteiger partial charge in [0, 0.05) is 13.1 Å². The SMILES string of the molecule is Cc1cc(N2CCC(C)C2)cn(N)c1=N. The van der Waals surface area contributed by atoms with E-state index in [-0.39, 0.29) is 0 Å². The third-order valence-corrected chi connectivity index (χ3v) is 3.06. The number of rotatable bonds is 1. The van der Waals surface area contributed by atoms with E-state index in [1.807, 2.05) is 19.2 Å². The van der Waals surface area contributed by atoms with Crippen molar-refractivity contribution in [2.45, 2.75) is 20.3 Å². The van der Waals surface area contributed by atoms with Gasteiger partial charge in [-0.2, -0.15) is 0 Å². The molecule has 1 unspecified atom stereocenters. The van der Waals surface area contributed by atoms with Crippen molar-refractivity contribution in [1.29, 1.82) is 5.41 Å². The Morgan fingerprint density at radius 3 is 2.80 bits per heavy atom. The van der Waals surface area contributed by atoms with E-state index in [4.69, 9.17) is 11.3 Å². The Kier molecular flexibility index (Phi) is 2.42. The van der Waals surface area contributed by atoms with Gasteiger partial charge in [0.15, 0.2) is 0 Å². The Hall–Kier alpha value is -1.45. The van der Waals surface area contributed by atoms with Crippen molar-refractivity contribution in [2.24, 2.45) is 5.92 Å². The van der Waals surface area contributed by atoms with Crippen LogP contribution in [0.3, 0.4) is 0 Å². The molecular weight excluding hydrogens is 188 g/mol. The fourth-order valence-electron chi connectivity index (χ4n) is 2.08. The lowest BCUT2D eigenvalue weighted by Gasteiger charge is -2.19. The van der Waals surface area contributed by atoms with Gasteiger partial charge in [0.05, 0.1) is 11.9 Å². The monoisotopic (exact) mass is 206 g/mol. The minimum atomic E-state index is 0.381. The number of anilines is 1. The van der Waals surface area contributed by atoms with Crippen LogP contribution in [0.25, 0.3) is 0 Å². The van der Waals surface area contributed by atoms with Crippen LogP contribution in [-0.2, 0) is 0 Å². The molecule has 0 saturated carbocycles. The van der Waals surface area contributed by atoms with E-state index in [1.165, 1.54) is 11.1 Å². The average Bonchev–Trinajstić information content (AvgIpc) is 2.60. The summed E-state index contributed by atoms with van der Waals surface area (Å²) in [7, 11) is 0. The molecule has 1 aliphatic rings. The second kappa shape index (κ2) is 3.61. The lowest BCUT2D eigenvalue weighted by atomic mass is 10.2. The predicted molar refractivity (Wildman–Crippen MR) is 61.2 cm³/mol. The second-order valence-corrected chi connectivity index (χ2v) is 4.48. The Morgan fingerprint density at radius 2 is 2.27 bits per heavy atom. The molecule has 0 bridgehead atoms. The number of hydrogen-bond donors (Lipinski definition) is 2. The van der Waals surface area contributed by atoms with Gasteiger partial charge in [0.2, 0.25) is 0 Å². The van der Waals surface area contributed by atoms with E-state index >= 15 is 0 Å². The number of aromatic nitrogens is 1. The van der Waals surface area contributed by atoms with Crippen LogP contribution in [0.4, 0.5) is 5.69 Å². The van der Waals surface area contributed by atoms with E-state index in [9.17, 15) is 0 Å². The molecule has 0 amide bonds. The van der Waals surface area contributed by atoms with Crippen molar-refractivity contribution in [3.05, 3.63) is 23.3 Å². The maximum Gasteiger partial charge on any atom is 0.146 e. The molecule has 0 aromatic carbocycles. The summed E-state index contributed by atoms with van der Waals surface area (Å²) in [4.78, 5) is 2.33. The largest absolute Gasteiger partial charge is 0.370 e. The average molecular weight is 206 g/mol. The van der Waals surface area contributed by atoms with Crippen molar-refractivity contribution in [1.82, 2.24) is 4.68 Å². The summed E-state index contributed by atoms with van der Waals surface area (Å²) in [6.45, 7) is 6.38. The Balaban J connectivity index is 2.33. The Bertz CT molecular complexity index is 395. The van der Waals surface area contributed by atoms with E-state index in [1.54, 1.807) is 0 Å². The number of pyridine rings is 1. The molecule has 3 N–H and O–H groups in total. The molecule has 1 aliphatic heterocycles. The zero-order chi connectivity index (χ0) is 11.0. The van der Waals surface area contributed by atoms with E-state index in [2.05, 4.69) is 11.8 Å². The van der Waals surface area contributed by atoms with Crippen LogP contribution in [0, 0.1) is 18.3 Å². The predicted octanol–water partition coefficient (Wildman–Crippen LogP) is 0.836. The molecule has 2 rings (SSSR count). The van der Waals surface area contributed by atoms with Crippen LogP contribution in [0.1, 0.15) is 18.9 Å². The molecule has 82 valence electrons. The molecular formula is C11H18N4. The van der Waals surface area contributed by atoms with Gasteiger partial charge in [-0.15, -0.1) is 0 Å². The highest BCUT2D eigenvalue weighted by Gasteiger charge is 2.19. The summed E-state index contributed by atoms with van der Waals surface area (Å²) in [5.41, 5.74) is 2.44. The van der Waals surface area contributed by atoms with E-state index < -0.39 is 0 Å². The first-order valence-corrected chi connectivity index (χ1v) is 5.36. The zero-order valence-corrected chi connectivity index (χ0v) is 9.33. The number of nitrogens with zero attached hydrogens (tertiary/aromatic N) is 2. The fraction of sp³-hybridized carbons (Fsp3) is 0.545. The smallest absolute Gasteiger partial charge is 0.146 e. The molecule has 0 aliphatic carbocycles. The van der Waals surface area contributed by atoms with Crippen molar-refractivity contribution < 1.29 is 0 Å². The zero-order valence-electron chi connectivity index (χ0n) is 9.33. The molecule has 2 heterocycles. The van der Waals surface area contributed by atoms with E-state index in [0.717, 1.165) is 30.3 Å². The maximum atomic E-state index is 7.67. The molecule has 1 aromatic heterocycles. The first-order valence-electron chi connectivity index (χ1n) is 5.36. The van der Waals surface area contributed by atoms with Crippen molar-refractivity contribution >= 4 is 5.69 Å². The summed E-state index contributed by atoms with van der Waals surface area (Å²) in [6, 6.07) is 2.05. The molecule has 4 heteroatoms. The van der Waals surface area contributed by atoms with Crippen LogP contribution < -0.4 is 16.2 Å². The van der Waals surface area contributed by atoms with Gasteiger partial charge in [0.25, 0.3) is 0 Å². The van der Waals surface area contributed by atoms with Crippen LogP contribution in [0.5, 0.6) is 0 Å². The Labute approximate surface area is 89.8 Å². The van der Waals surface area contributed by atoms with Gasteiger partial charge in [-0.05, 0) is 30.9 Å². The normalized spacial score (nSPS) is 20.9. The Morgan fingerprint density at radius 1 is 1.53 bits per heavy atom. The third kappa shape index (κ3) is 1.84. The minimum Gasteiger partial charge on any atom is -0.370 e.